The van der Waals surface area contributed by atoms with Gasteiger partial charge in [-0.15, -0.1) is 0 Å². The first-order valence-corrected chi connectivity index (χ1v) is 10.2. The molecular weight excluding hydrogens is 252 g/mol. The molecule has 0 bridgehead atoms. The molecule has 3 atom stereocenters. The molecule has 126 valence electrons. The van der Waals surface area contributed by atoms with Gasteiger partial charge in [0.1, 0.15) is 0 Å². The normalized spacial score (nSPS) is 33.0. The van der Waals surface area contributed by atoms with E-state index in [2.05, 4.69) is 20.8 Å². The molecule has 0 nitrogen and oxygen atoms in total. The average Bonchev–Trinajstić information content (AvgIpc) is 2.46. The molecule has 0 aliphatic heterocycles. The van der Waals surface area contributed by atoms with E-state index in [1.54, 1.807) is 0 Å². The van der Waals surface area contributed by atoms with Crippen molar-refractivity contribution < 1.29 is 0 Å². The SMILES string of the molecule is CC1CCCCCCCCCCCCCCC(C)C(C)C1. The van der Waals surface area contributed by atoms with E-state index in [4.69, 9.17) is 0 Å². The van der Waals surface area contributed by atoms with Crippen LogP contribution in [0.1, 0.15) is 117 Å². The van der Waals surface area contributed by atoms with Gasteiger partial charge in [0.25, 0.3) is 0 Å². The summed E-state index contributed by atoms with van der Waals surface area (Å²) in [5.41, 5.74) is 0. The van der Waals surface area contributed by atoms with Crippen LogP contribution in [0.3, 0.4) is 0 Å². The van der Waals surface area contributed by atoms with Gasteiger partial charge in [0.05, 0.1) is 0 Å². The highest BCUT2D eigenvalue weighted by atomic mass is 14.2. The smallest absolute Gasteiger partial charge is 0.0414 e. The van der Waals surface area contributed by atoms with Crippen molar-refractivity contribution in [1.29, 1.82) is 0 Å². The Hall–Kier alpha value is 0. The van der Waals surface area contributed by atoms with Crippen LogP contribution in [0.4, 0.5) is 0 Å². The number of hydrogen-bond acceptors (Lipinski definition) is 0. The molecule has 0 aromatic heterocycles. The van der Waals surface area contributed by atoms with Crippen LogP contribution >= 0.6 is 0 Å². The van der Waals surface area contributed by atoms with Crippen LogP contribution in [0.25, 0.3) is 0 Å². The van der Waals surface area contributed by atoms with Crippen molar-refractivity contribution in [2.45, 2.75) is 117 Å². The highest BCUT2D eigenvalue weighted by molar-refractivity contribution is 4.66. The zero-order chi connectivity index (χ0) is 15.3. The predicted molar refractivity (Wildman–Crippen MR) is 96.7 cm³/mol. The Morgan fingerprint density at radius 3 is 1.29 bits per heavy atom. The van der Waals surface area contributed by atoms with Crippen molar-refractivity contribution in [1.82, 2.24) is 0 Å². The van der Waals surface area contributed by atoms with Crippen LogP contribution in [-0.2, 0) is 0 Å². The maximum atomic E-state index is 2.50. The highest BCUT2D eigenvalue weighted by Crippen LogP contribution is 2.27. The van der Waals surface area contributed by atoms with Crippen LogP contribution in [0.2, 0.25) is 0 Å². The molecule has 0 N–H and O–H groups in total. The molecule has 1 saturated carbocycles. The summed E-state index contributed by atoms with van der Waals surface area (Å²) < 4.78 is 0. The third-order valence-corrected chi connectivity index (χ3v) is 5.85. The van der Waals surface area contributed by atoms with Crippen molar-refractivity contribution in [3.05, 3.63) is 0 Å². The zero-order valence-electron chi connectivity index (χ0n) is 15.3. The van der Waals surface area contributed by atoms with E-state index in [1.165, 1.54) is 96.3 Å². The molecular formula is C21H42. The number of hydrogen-bond donors (Lipinski definition) is 0. The Kier molecular flexibility index (Phi) is 11.4. The fourth-order valence-corrected chi connectivity index (χ4v) is 4.00. The topological polar surface area (TPSA) is 0 Å². The molecule has 0 heteroatoms. The Bertz CT molecular complexity index is 220. The van der Waals surface area contributed by atoms with E-state index in [-0.39, 0.29) is 0 Å². The molecule has 0 heterocycles. The second-order valence-electron chi connectivity index (χ2n) is 8.12. The molecule has 0 radical (unpaired) electrons. The predicted octanol–water partition coefficient (Wildman–Crippen LogP) is 7.76. The summed E-state index contributed by atoms with van der Waals surface area (Å²) >= 11 is 0. The van der Waals surface area contributed by atoms with Crippen LogP contribution in [0.15, 0.2) is 0 Å². The third-order valence-electron chi connectivity index (χ3n) is 5.85. The van der Waals surface area contributed by atoms with Gasteiger partial charge >= 0.3 is 0 Å². The second-order valence-corrected chi connectivity index (χ2v) is 8.12. The van der Waals surface area contributed by atoms with Gasteiger partial charge in [-0.2, -0.15) is 0 Å². The molecule has 1 aliphatic rings. The van der Waals surface area contributed by atoms with Crippen LogP contribution < -0.4 is 0 Å². The lowest BCUT2D eigenvalue weighted by atomic mass is 9.83. The van der Waals surface area contributed by atoms with Gasteiger partial charge < -0.3 is 0 Å². The standard InChI is InChI=1S/C21H42/c1-19-16-14-12-10-8-6-4-5-7-9-11-13-15-17-20(2)21(3)18-19/h19-21H,4-18H2,1-3H3. The van der Waals surface area contributed by atoms with E-state index in [1.807, 2.05) is 0 Å². The second kappa shape index (κ2) is 12.5. The Morgan fingerprint density at radius 2 is 0.810 bits per heavy atom. The maximum Gasteiger partial charge on any atom is -0.0414 e. The molecule has 0 aromatic rings. The lowest BCUT2D eigenvalue weighted by Crippen LogP contribution is -2.12. The quantitative estimate of drug-likeness (QED) is 0.428. The summed E-state index contributed by atoms with van der Waals surface area (Å²) in [4.78, 5) is 0. The van der Waals surface area contributed by atoms with Gasteiger partial charge in [-0.25, -0.2) is 0 Å². The van der Waals surface area contributed by atoms with Crippen molar-refractivity contribution in [2.75, 3.05) is 0 Å². The molecule has 0 saturated heterocycles. The van der Waals surface area contributed by atoms with Gasteiger partial charge in [0.15, 0.2) is 0 Å². The molecule has 1 aliphatic carbocycles. The fourth-order valence-electron chi connectivity index (χ4n) is 4.00. The molecule has 0 amide bonds. The lowest BCUT2D eigenvalue weighted by molar-refractivity contribution is 0.281. The Morgan fingerprint density at radius 1 is 0.429 bits per heavy atom. The third kappa shape index (κ3) is 10.4. The molecule has 21 heavy (non-hydrogen) atoms. The van der Waals surface area contributed by atoms with E-state index in [0.29, 0.717) is 0 Å². The maximum absolute atomic E-state index is 2.50. The van der Waals surface area contributed by atoms with Crippen molar-refractivity contribution in [3.63, 3.8) is 0 Å². The molecule has 1 rings (SSSR count). The van der Waals surface area contributed by atoms with E-state index >= 15 is 0 Å². The van der Waals surface area contributed by atoms with Gasteiger partial charge in [0.2, 0.25) is 0 Å². The summed E-state index contributed by atoms with van der Waals surface area (Å²) in [5, 5.41) is 0. The molecule has 1 fully saturated rings. The summed E-state index contributed by atoms with van der Waals surface area (Å²) in [6, 6.07) is 0. The van der Waals surface area contributed by atoms with Crippen molar-refractivity contribution in [2.24, 2.45) is 17.8 Å². The van der Waals surface area contributed by atoms with E-state index < -0.39 is 0 Å². The summed E-state index contributed by atoms with van der Waals surface area (Å²) in [6.07, 6.45) is 22.2. The minimum atomic E-state index is 0.930. The average molecular weight is 295 g/mol. The summed E-state index contributed by atoms with van der Waals surface area (Å²) in [7, 11) is 0. The van der Waals surface area contributed by atoms with Crippen LogP contribution in [0, 0.1) is 17.8 Å². The Labute approximate surface area is 135 Å². The largest absolute Gasteiger partial charge is 0.0625 e. The highest BCUT2D eigenvalue weighted by Gasteiger charge is 2.15. The monoisotopic (exact) mass is 294 g/mol. The minimum absolute atomic E-state index is 0.930. The fraction of sp³-hybridized carbons (Fsp3) is 1.00. The summed E-state index contributed by atoms with van der Waals surface area (Å²) in [5.74, 6) is 2.81. The first-order valence-electron chi connectivity index (χ1n) is 10.2. The van der Waals surface area contributed by atoms with Crippen LogP contribution in [-0.4, -0.2) is 0 Å². The summed E-state index contributed by atoms with van der Waals surface area (Å²) in [6.45, 7) is 7.48. The molecule has 0 aromatic carbocycles. The van der Waals surface area contributed by atoms with Gasteiger partial charge in [-0.1, -0.05) is 111 Å². The first-order chi connectivity index (χ1) is 10.2. The van der Waals surface area contributed by atoms with Crippen molar-refractivity contribution >= 4 is 0 Å². The molecule has 3 unspecified atom stereocenters. The van der Waals surface area contributed by atoms with Gasteiger partial charge in [-0.05, 0) is 24.2 Å². The lowest BCUT2D eigenvalue weighted by Gasteiger charge is -2.23. The van der Waals surface area contributed by atoms with Gasteiger partial charge in [0, 0.05) is 0 Å². The Balaban J connectivity index is 2.27. The van der Waals surface area contributed by atoms with Gasteiger partial charge in [-0.3, -0.25) is 0 Å². The van der Waals surface area contributed by atoms with E-state index in [9.17, 15) is 0 Å². The molecule has 0 spiro atoms. The van der Waals surface area contributed by atoms with E-state index in [0.717, 1.165) is 17.8 Å². The first kappa shape index (κ1) is 19.0. The van der Waals surface area contributed by atoms with Crippen LogP contribution in [0.5, 0.6) is 0 Å². The van der Waals surface area contributed by atoms with Crippen molar-refractivity contribution in [3.8, 4) is 0 Å². The number of rotatable bonds is 0. The minimum Gasteiger partial charge on any atom is -0.0625 e. The zero-order valence-corrected chi connectivity index (χ0v) is 15.3.